The summed E-state index contributed by atoms with van der Waals surface area (Å²) >= 11 is 2.69. The first-order valence-corrected chi connectivity index (χ1v) is 8.75. The van der Waals surface area contributed by atoms with Gasteiger partial charge in [0.15, 0.2) is 4.96 Å². The number of fused-ring (bicyclic) bond motifs is 4. The van der Waals surface area contributed by atoms with E-state index in [-0.39, 0.29) is 5.56 Å². The third-order valence-electron chi connectivity index (χ3n) is 3.70. The number of carbonyl (C=O) groups excluding carboxylic acids is 1. The van der Waals surface area contributed by atoms with Crippen molar-refractivity contribution in [2.75, 3.05) is 6.61 Å². The maximum absolute atomic E-state index is 13.0. The molecule has 0 amide bonds. The van der Waals surface area contributed by atoms with Crippen LogP contribution in [0, 0.1) is 6.92 Å². The molecule has 5 nitrogen and oxygen atoms in total. The number of nitrogens with zero attached hydrogens (tertiary/aromatic N) is 2. The van der Waals surface area contributed by atoms with Crippen LogP contribution in [-0.4, -0.2) is 22.0 Å². The molecule has 0 radical (unpaired) electrons. The summed E-state index contributed by atoms with van der Waals surface area (Å²) in [6.45, 7) is 3.84. The standard InChI is InChI=1S/C16H12N2O3S2/c1-3-21-15(20)12-8(2)11-13(23-12)17-16-18(14(11)19)9-6-4-5-7-10(9)22-16/h4-7H,3H2,1-2H3. The number of hydrogen-bond donors (Lipinski definition) is 0. The molecule has 0 unspecified atom stereocenters. The number of para-hydroxylation sites is 1. The second-order valence-corrected chi connectivity index (χ2v) is 7.07. The predicted octanol–water partition coefficient (Wildman–Crippen LogP) is 3.61. The van der Waals surface area contributed by atoms with Crippen molar-refractivity contribution in [3.05, 3.63) is 45.1 Å². The van der Waals surface area contributed by atoms with Gasteiger partial charge in [-0.25, -0.2) is 9.78 Å². The second kappa shape index (κ2) is 5.14. The van der Waals surface area contributed by atoms with Crippen LogP contribution in [0.4, 0.5) is 0 Å². The van der Waals surface area contributed by atoms with E-state index in [0.29, 0.717) is 32.2 Å². The summed E-state index contributed by atoms with van der Waals surface area (Å²) in [5.41, 5.74) is 1.35. The minimum absolute atomic E-state index is 0.133. The molecular formula is C16H12N2O3S2. The molecule has 0 saturated carbocycles. The quantitative estimate of drug-likeness (QED) is 0.521. The molecule has 3 heterocycles. The zero-order valence-electron chi connectivity index (χ0n) is 12.5. The molecule has 4 aromatic rings. The maximum Gasteiger partial charge on any atom is 0.348 e. The number of esters is 1. The molecule has 0 saturated heterocycles. The van der Waals surface area contributed by atoms with E-state index < -0.39 is 5.97 Å². The van der Waals surface area contributed by atoms with Gasteiger partial charge in [-0.05, 0) is 31.5 Å². The third kappa shape index (κ3) is 2.00. The molecule has 116 valence electrons. The lowest BCUT2D eigenvalue weighted by atomic mass is 10.2. The molecule has 4 rings (SSSR count). The van der Waals surface area contributed by atoms with Gasteiger partial charge in [-0.2, -0.15) is 0 Å². The van der Waals surface area contributed by atoms with Crippen molar-refractivity contribution in [2.45, 2.75) is 13.8 Å². The Bertz CT molecular complexity index is 1140. The number of ether oxygens (including phenoxy) is 1. The van der Waals surface area contributed by atoms with E-state index >= 15 is 0 Å². The van der Waals surface area contributed by atoms with Crippen LogP contribution in [0.25, 0.3) is 25.4 Å². The fourth-order valence-corrected chi connectivity index (χ4v) is 4.80. The molecule has 23 heavy (non-hydrogen) atoms. The van der Waals surface area contributed by atoms with Gasteiger partial charge in [0.05, 0.1) is 22.2 Å². The molecule has 0 fully saturated rings. The Kier molecular flexibility index (Phi) is 3.21. The van der Waals surface area contributed by atoms with Gasteiger partial charge in [0.1, 0.15) is 9.71 Å². The normalized spacial score (nSPS) is 11.6. The number of aromatic nitrogens is 2. The maximum atomic E-state index is 13.0. The SMILES string of the molecule is CCOC(=O)c1sc2nc3sc4ccccc4n3c(=O)c2c1C. The number of benzene rings is 1. The Morgan fingerprint density at radius 1 is 1.30 bits per heavy atom. The van der Waals surface area contributed by atoms with Crippen LogP contribution in [0.1, 0.15) is 22.2 Å². The average Bonchev–Trinajstić information content (AvgIpc) is 3.06. The molecule has 0 aliphatic rings. The molecule has 0 atom stereocenters. The summed E-state index contributed by atoms with van der Waals surface area (Å²) in [6.07, 6.45) is 0. The summed E-state index contributed by atoms with van der Waals surface area (Å²) < 4.78 is 7.70. The van der Waals surface area contributed by atoms with Crippen molar-refractivity contribution in [3.63, 3.8) is 0 Å². The lowest BCUT2D eigenvalue weighted by Crippen LogP contribution is -2.13. The van der Waals surface area contributed by atoms with Crippen molar-refractivity contribution >= 4 is 54.0 Å². The Balaban J connectivity index is 2.12. The van der Waals surface area contributed by atoms with E-state index in [9.17, 15) is 9.59 Å². The highest BCUT2D eigenvalue weighted by Crippen LogP contribution is 2.31. The highest BCUT2D eigenvalue weighted by molar-refractivity contribution is 7.24. The second-order valence-electron chi connectivity index (χ2n) is 5.06. The van der Waals surface area contributed by atoms with Gasteiger partial charge in [0.25, 0.3) is 5.56 Å². The molecule has 0 aliphatic heterocycles. The molecular weight excluding hydrogens is 332 g/mol. The fourth-order valence-electron chi connectivity index (χ4n) is 2.66. The van der Waals surface area contributed by atoms with Crippen molar-refractivity contribution in [1.29, 1.82) is 0 Å². The number of thiophene rings is 1. The van der Waals surface area contributed by atoms with E-state index in [2.05, 4.69) is 4.98 Å². The van der Waals surface area contributed by atoms with Crippen molar-refractivity contribution in [1.82, 2.24) is 9.38 Å². The monoisotopic (exact) mass is 344 g/mol. The van der Waals surface area contributed by atoms with E-state index in [1.54, 1.807) is 18.2 Å². The average molecular weight is 344 g/mol. The molecule has 7 heteroatoms. The van der Waals surface area contributed by atoms with Gasteiger partial charge in [-0.15, -0.1) is 11.3 Å². The minimum atomic E-state index is -0.398. The number of rotatable bonds is 2. The third-order valence-corrected chi connectivity index (χ3v) is 5.89. The summed E-state index contributed by atoms with van der Waals surface area (Å²) in [5.74, 6) is -0.398. The largest absolute Gasteiger partial charge is 0.462 e. The lowest BCUT2D eigenvalue weighted by molar-refractivity contribution is 0.0531. The fraction of sp³-hybridized carbons (Fsp3) is 0.188. The first kappa shape index (κ1) is 14.3. The topological polar surface area (TPSA) is 60.7 Å². The Hall–Kier alpha value is -2.25. The van der Waals surface area contributed by atoms with Crippen molar-refractivity contribution in [2.24, 2.45) is 0 Å². The van der Waals surface area contributed by atoms with Gasteiger partial charge in [0, 0.05) is 0 Å². The lowest BCUT2D eigenvalue weighted by Gasteiger charge is -1.99. The van der Waals surface area contributed by atoms with Gasteiger partial charge in [0.2, 0.25) is 0 Å². The Labute approximate surface area is 138 Å². The Morgan fingerprint density at radius 3 is 2.87 bits per heavy atom. The molecule has 0 aliphatic carbocycles. The van der Waals surface area contributed by atoms with Crippen LogP contribution in [0.3, 0.4) is 0 Å². The zero-order chi connectivity index (χ0) is 16.1. The Morgan fingerprint density at radius 2 is 2.09 bits per heavy atom. The van der Waals surface area contributed by atoms with Crippen molar-refractivity contribution in [3.8, 4) is 0 Å². The van der Waals surface area contributed by atoms with Crippen LogP contribution in [0.5, 0.6) is 0 Å². The summed E-state index contributed by atoms with van der Waals surface area (Å²) in [5, 5.41) is 0.499. The zero-order valence-corrected chi connectivity index (χ0v) is 14.1. The van der Waals surface area contributed by atoms with Crippen molar-refractivity contribution < 1.29 is 9.53 Å². The van der Waals surface area contributed by atoms with Gasteiger partial charge >= 0.3 is 5.97 Å². The smallest absolute Gasteiger partial charge is 0.348 e. The van der Waals surface area contributed by atoms with E-state index in [4.69, 9.17) is 4.74 Å². The minimum Gasteiger partial charge on any atom is -0.462 e. The summed E-state index contributed by atoms with van der Waals surface area (Å²) in [4.78, 5) is 31.3. The summed E-state index contributed by atoms with van der Waals surface area (Å²) in [7, 11) is 0. The van der Waals surface area contributed by atoms with Crippen LogP contribution in [0.2, 0.25) is 0 Å². The summed E-state index contributed by atoms with van der Waals surface area (Å²) in [6, 6.07) is 7.71. The number of aryl methyl sites for hydroxylation is 1. The van der Waals surface area contributed by atoms with Crippen LogP contribution in [0.15, 0.2) is 29.1 Å². The molecule has 0 spiro atoms. The number of thiazole rings is 1. The van der Waals surface area contributed by atoms with Crippen LogP contribution >= 0.6 is 22.7 Å². The van der Waals surface area contributed by atoms with Gasteiger partial charge in [-0.1, -0.05) is 23.5 Å². The molecule has 1 aromatic carbocycles. The molecule has 0 bridgehead atoms. The van der Waals surface area contributed by atoms with E-state index in [0.717, 1.165) is 10.2 Å². The van der Waals surface area contributed by atoms with Gasteiger partial charge in [-0.3, -0.25) is 9.20 Å². The van der Waals surface area contributed by atoms with E-state index in [1.165, 1.54) is 22.7 Å². The first-order valence-electron chi connectivity index (χ1n) is 7.12. The number of hydrogen-bond acceptors (Lipinski definition) is 6. The van der Waals surface area contributed by atoms with Gasteiger partial charge < -0.3 is 4.74 Å². The number of carbonyl (C=O) groups is 1. The highest BCUT2D eigenvalue weighted by atomic mass is 32.1. The first-order chi connectivity index (χ1) is 11.1. The van der Waals surface area contributed by atoms with Crippen LogP contribution < -0.4 is 5.56 Å². The molecule has 0 N–H and O–H groups in total. The highest BCUT2D eigenvalue weighted by Gasteiger charge is 2.21. The van der Waals surface area contributed by atoms with E-state index in [1.807, 2.05) is 24.3 Å². The molecule has 3 aromatic heterocycles. The predicted molar refractivity (Wildman–Crippen MR) is 92.9 cm³/mol. The van der Waals surface area contributed by atoms with Crippen LogP contribution in [-0.2, 0) is 4.74 Å².